The van der Waals surface area contributed by atoms with Crippen LogP contribution in [-0.2, 0) is 19.1 Å². The summed E-state index contributed by atoms with van der Waals surface area (Å²) in [5.41, 5.74) is 2.59. The molecule has 22 heavy (non-hydrogen) atoms. The van der Waals surface area contributed by atoms with Gasteiger partial charge in [-0.2, -0.15) is 15.4 Å². The Morgan fingerprint density at radius 1 is 1.18 bits per heavy atom. The first-order valence-corrected chi connectivity index (χ1v) is 6.61. The van der Waals surface area contributed by atoms with Crippen LogP contribution in [0.25, 0.3) is 11.0 Å². The van der Waals surface area contributed by atoms with Gasteiger partial charge in [0.25, 0.3) is 5.79 Å². The number of fused-ring (bicyclic) bond motifs is 1. The molecule has 1 fully saturated rings. The van der Waals surface area contributed by atoms with Crippen molar-refractivity contribution in [3.05, 3.63) is 29.5 Å². The van der Waals surface area contributed by atoms with Gasteiger partial charge in [-0.05, 0) is 18.6 Å². The van der Waals surface area contributed by atoms with Crippen molar-refractivity contribution >= 4 is 28.7 Å². The van der Waals surface area contributed by atoms with Gasteiger partial charge in [-0.15, -0.1) is 0 Å². The number of carbonyl (C=O) groups is 2. The minimum atomic E-state index is -1.26. The van der Waals surface area contributed by atoms with Crippen LogP contribution in [0.1, 0.15) is 19.4 Å². The van der Waals surface area contributed by atoms with Crippen molar-refractivity contribution < 1.29 is 19.1 Å². The highest BCUT2D eigenvalue weighted by Crippen LogP contribution is 2.26. The van der Waals surface area contributed by atoms with Gasteiger partial charge in [0, 0.05) is 20.0 Å². The monoisotopic (exact) mass is 302 g/mol. The molecule has 1 saturated heterocycles. The second-order valence-electron chi connectivity index (χ2n) is 5.33. The first kappa shape index (κ1) is 14.1. The summed E-state index contributed by atoms with van der Waals surface area (Å²) in [4.78, 5) is 23.7. The molecule has 0 radical (unpaired) electrons. The number of esters is 2. The number of nitrogens with zero attached hydrogens (tertiary/aromatic N) is 2. The fraction of sp³-hybridized carbons (Fsp3) is 0.286. The quantitative estimate of drug-likeness (QED) is 0.490. The fourth-order valence-electron chi connectivity index (χ4n) is 2.12. The van der Waals surface area contributed by atoms with Gasteiger partial charge < -0.3 is 14.8 Å². The highest BCUT2D eigenvalue weighted by Gasteiger charge is 2.39. The van der Waals surface area contributed by atoms with Crippen LogP contribution in [0.15, 0.2) is 23.9 Å². The van der Waals surface area contributed by atoms with Crippen molar-refractivity contribution in [2.45, 2.75) is 26.6 Å². The molecule has 0 spiro atoms. The Hall–Kier alpha value is -2.90. The molecule has 8 nitrogen and oxygen atoms in total. The predicted molar refractivity (Wildman–Crippen MR) is 76.6 cm³/mol. The Morgan fingerprint density at radius 3 is 2.55 bits per heavy atom. The number of nitrogens with one attached hydrogen (secondary N) is 2. The molecule has 1 aromatic carbocycles. The SMILES string of the molecule is Cc1ccc2n[nH]nc2c1NC=C1C(=O)OC(C)(C)OC1=O. The van der Waals surface area contributed by atoms with Gasteiger partial charge in [-0.25, -0.2) is 9.59 Å². The smallest absolute Gasteiger partial charge is 0.350 e. The zero-order valence-electron chi connectivity index (χ0n) is 12.3. The summed E-state index contributed by atoms with van der Waals surface area (Å²) in [6.07, 6.45) is 1.26. The fourth-order valence-corrected chi connectivity index (χ4v) is 2.12. The number of ether oxygens (including phenoxy) is 2. The average Bonchev–Trinajstić information content (AvgIpc) is 2.87. The molecule has 0 unspecified atom stereocenters. The number of hydrogen-bond donors (Lipinski definition) is 2. The number of H-pyrrole nitrogens is 1. The first-order valence-electron chi connectivity index (χ1n) is 6.61. The maximum Gasteiger partial charge on any atom is 0.350 e. The van der Waals surface area contributed by atoms with Crippen LogP contribution in [0.4, 0.5) is 5.69 Å². The van der Waals surface area contributed by atoms with Crippen LogP contribution in [0.5, 0.6) is 0 Å². The molecule has 1 aliphatic heterocycles. The summed E-state index contributed by atoms with van der Waals surface area (Å²) < 4.78 is 10.0. The van der Waals surface area contributed by atoms with Crippen molar-refractivity contribution in [2.24, 2.45) is 0 Å². The molecule has 2 N–H and O–H groups in total. The predicted octanol–water partition coefficient (Wildman–Crippen LogP) is 1.40. The number of rotatable bonds is 2. The van der Waals surface area contributed by atoms with E-state index in [1.165, 1.54) is 20.0 Å². The molecule has 2 aromatic rings. The van der Waals surface area contributed by atoms with Crippen molar-refractivity contribution in [1.82, 2.24) is 15.4 Å². The molecule has 114 valence electrons. The number of aromatic amines is 1. The molecule has 2 heterocycles. The van der Waals surface area contributed by atoms with Crippen molar-refractivity contribution in [2.75, 3.05) is 5.32 Å². The lowest BCUT2D eigenvalue weighted by Crippen LogP contribution is -2.42. The van der Waals surface area contributed by atoms with E-state index < -0.39 is 17.7 Å². The van der Waals surface area contributed by atoms with Gasteiger partial charge in [0.05, 0.1) is 5.69 Å². The second kappa shape index (κ2) is 4.83. The van der Waals surface area contributed by atoms with Crippen LogP contribution < -0.4 is 5.32 Å². The van der Waals surface area contributed by atoms with Crippen LogP contribution in [0.3, 0.4) is 0 Å². The molecule has 1 aromatic heterocycles. The molecule has 1 aliphatic rings. The van der Waals surface area contributed by atoms with Gasteiger partial charge in [-0.3, -0.25) is 0 Å². The largest absolute Gasteiger partial charge is 0.419 e. The van der Waals surface area contributed by atoms with Crippen molar-refractivity contribution in [1.29, 1.82) is 0 Å². The zero-order chi connectivity index (χ0) is 15.9. The van der Waals surface area contributed by atoms with Gasteiger partial charge >= 0.3 is 11.9 Å². The number of carbonyl (C=O) groups excluding carboxylic acids is 2. The van der Waals surface area contributed by atoms with E-state index in [1.54, 1.807) is 0 Å². The van der Waals surface area contributed by atoms with E-state index in [0.717, 1.165) is 5.56 Å². The number of cyclic esters (lactones) is 2. The highest BCUT2D eigenvalue weighted by molar-refractivity contribution is 6.15. The van der Waals surface area contributed by atoms with E-state index in [0.29, 0.717) is 16.7 Å². The number of anilines is 1. The molecule has 0 saturated carbocycles. The van der Waals surface area contributed by atoms with E-state index in [4.69, 9.17) is 9.47 Å². The Bertz CT molecular complexity index is 784. The second-order valence-corrected chi connectivity index (χ2v) is 5.33. The third-order valence-electron chi connectivity index (χ3n) is 3.17. The number of aryl methyl sites for hydroxylation is 1. The Kier molecular flexibility index (Phi) is 3.09. The van der Waals surface area contributed by atoms with Gasteiger partial charge in [-0.1, -0.05) is 6.07 Å². The lowest BCUT2D eigenvalue weighted by atomic mass is 10.1. The van der Waals surface area contributed by atoms with Crippen molar-refractivity contribution in [3.63, 3.8) is 0 Å². The van der Waals surface area contributed by atoms with Gasteiger partial charge in [0.15, 0.2) is 5.57 Å². The van der Waals surface area contributed by atoms with E-state index in [2.05, 4.69) is 20.7 Å². The van der Waals surface area contributed by atoms with Crippen molar-refractivity contribution in [3.8, 4) is 0 Å². The summed E-state index contributed by atoms with van der Waals surface area (Å²) in [6.45, 7) is 4.86. The molecule has 0 bridgehead atoms. The molecule has 0 aliphatic carbocycles. The molecule has 3 rings (SSSR count). The van der Waals surface area contributed by atoms with E-state index >= 15 is 0 Å². The Labute approximate surface area is 125 Å². The average molecular weight is 302 g/mol. The maximum absolute atomic E-state index is 11.9. The number of aromatic nitrogens is 3. The Balaban J connectivity index is 1.93. The number of benzene rings is 1. The normalized spacial score (nSPS) is 17.1. The van der Waals surface area contributed by atoms with Crippen LogP contribution in [0, 0.1) is 6.92 Å². The third kappa shape index (κ3) is 2.39. The molecule has 0 atom stereocenters. The van der Waals surface area contributed by atoms with E-state index in [9.17, 15) is 9.59 Å². The highest BCUT2D eigenvalue weighted by atomic mass is 16.7. The van der Waals surface area contributed by atoms with E-state index in [-0.39, 0.29) is 5.57 Å². The lowest BCUT2D eigenvalue weighted by Gasteiger charge is -2.29. The number of hydrogen-bond acceptors (Lipinski definition) is 7. The topological polar surface area (TPSA) is 106 Å². The summed E-state index contributed by atoms with van der Waals surface area (Å²) in [5, 5.41) is 13.5. The van der Waals surface area contributed by atoms with Gasteiger partial charge in [0.2, 0.25) is 0 Å². The summed E-state index contributed by atoms with van der Waals surface area (Å²) in [5.74, 6) is -2.73. The van der Waals surface area contributed by atoms with Crippen LogP contribution in [-0.4, -0.2) is 33.1 Å². The minimum absolute atomic E-state index is 0.209. The summed E-state index contributed by atoms with van der Waals surface area (Å²) in [7, 11) is 0. The molecule has 8 heteroatoms. The Morgan fingerprint density at radius 2 is 1.86 bits per heavy atom. The van der Waals surface area contributed by atoms with E-state index in [1.807, 2.05) is 19.1 Å². The minimum Gasteiger partial charge on any atom is -0.419 e. The summed E-state index contributed by atoms with van der Waals surface area (Å²) in [6, 6.07) is 3.67. The lowest BCUT2D eigenvalue weighted by molar-refractivity contribution is -0.222. The van der Waals surface area contributed by atoms with Crippen LogP contribution in [0.2, 0.25) is 0 Å². The zero-order valence-corrected chi connectivity index (χ0v) is 12.3. The standard InChI is InChI=1S/C14H14N4O4/c1-7-4-5-9-11(17-18-16-9)10(7)15-6-8-12(19)21-14(2,3)22-13(8)20/h4-6,15H,1-3H3,(H,16,17,18). The molecule has 0 amide bonds. The molecular weight excluding hydrogens is 288 g/mol. The first-order chi connectivity index (χ1) is 10.4. The third-order valence-corrected chi connectivity index (χ3v) is 3.17. The maximum atomic E-state index is 11.9. The van der Waals surface area contributed by atoms with Gasteiger partial charge in [0.1, 0.15) is 11.0 Å². The summed E-state index contributed by atoms with van der Waals surface area (Å²) >= 11 is 0. The molecular formula is C14H14N4O4. The van der Waals surface area contributed by atoms with Crippen LogP contribution >= 0.6 is 0 Å².